The number of rotatable bonds is 2. The summed E-state index contributed by atoms with van der Waals surface area (Å²) in [4.78, 5) is 0. The molecule has 0 rings (SSSR count). The van der Waals surface area contributed by atoms with Crippen molar-refractivity contribution in [3.05, 3.63) is 20.8 Å². The maximum atomic E-state index is 8.86. The third-order valence-corrected chi connectivity index (χ3v) is 4.73. The molecule has 0 amide bonds. The zero-order valence-electron chi connectivity index (χ0n) is 6.41. The van der Waals surface area contributed by atoms with Gasteiger partial charge in [-0.05, 0) is 49.6 Å². The van der Waals surface area contributed by atoms with Crippen LogP contribution in [-0.2, 0) is 20.6 Å². The van der Waals surface area contributed by atoms with Crippen LogP contribution >= 0.6 is 24.4 Å². The van der Waals surface area contributed by atoms with Crippen molar-refractivity contribution in [2.45, 2.75) is 0 Å². The van der Waals surface area contributed by atoms with Gasteiger partial charge >= 0.3 is 0 Å². The molecule has 0 aliphatic rings. The van der Waals surface area contributed by atoms with Gasteiger partial charge in [-0.1, -0.05) is 21.7 Å². The Morgan fingerprint density at radius 1 is 1.33 bits per heavy atom. The van der Waals surface area contributed by atoms with E-state index in [4.69, 9.17) is 28.5 Å². The smallest absolute Gasteiger partial charge is 0.206 e. The molecule has 0 aromatic rings. The highest BCUT2D eigenvalue weighted by Gasteiger charge is 2.17. The topological polar surface area (TPSA) is 20.2 Å². The van der Waals surface area contributed by atoms with Gasteiger partial charge in [-0.25, -0.2) is 0 Å². The first-order valence-electron chi connectivity index (χ1n) is 2.96. The number of aliphatic hydroxyl groups is 1. The molecule has 0 aliphatic carbocycles. The van der Waals surface area contributed by atoms with Crippen LogP contribution in [0.4, 0.5) is 0 Å². The summed E-state index contributed by atoms with van der Waals surface area (Å²) in [6.45, 7) is 11.1. The van der Waals surface area contributed by atoms with E-state index in [0.717, 1.165) is 0 Å². The van der Waals surface area contributed by atoms with Crippen molar-refractivity contribution in [2.24, 2.45) is 5.41 Å². The average molecular weight is 237 g/mol. The highest BCUT2D eigenvalue weighted by Crippen LogP contribution is 2.13. The fourth-order valence-electron chi connectivity index (χ4n) is 0.441. The maximum absolute atomic E-state index is 8.86. The van der Waals surface area contributed by atoms with Gasteiger partial charge in [-0.15, -0.1) is 0 Å². The third kappa shape index (κ3) is 5.24. The molecule has 12 heavy (non-hydrogen) atoms. The van der Waals surface area contributed by atoms with Crippen molar-refractivity contribution in [1.82, 2.24) is 0 Å². The minimum absolute atomic E-state index is 0.236. The first kappa shape index (κ1) is 12.6. The third-order valence-electron chi connectivity index (χ3n) is 0.819. The minimum atomic E-state index is -0.678. The predicted octanol–water partition coefficient (Wildman–Crippen LogP) is 1.77. The molecule has 0 aromatic carbocycles. The summed E-state index contributed by atoms with van der Waals surface area (Å²) >= 11 is 14.3. The highest BCUT2D eigenvalue weighted by molar-refractivity contribution is 8.43. The summed E-state index contributed by atoms with van der Waals surface area (Å²) in [5, 5.41) is 8.56. The Balaban J connectivity index is 4.25. The van der Waals surface area contributed by atoms with E-state index in [-0.39, 0.29) is 9.25 Å². The Kier molecular flexibility index (Phi) is 4.91. The van der Waals surface area contributed by atoms with Gasteiger partial charge in [0.25, 0.3) is 0 Å². The van der Waals surface area contributed by atoms with Crippen LogP contribution in [0.25, 0.3) is 0 Å². The Labute approximate surface area is 91.1 Å². The van der Waals surface area contributed by atoms with Crippen LogP contribution in [0.5, 0.6) is 0 Å². The van der Waals surface area contributed by atoms with Gasteiger partial charge in [-0.2, -0.15) is 0 Å². The van der Waals surface area contributed by atoms with E-state index in [1.807, 2.05) is 0 Å². The molecule has 1 unspecified atom stereocenters. The lowest BCUT2D eigenvalue weighted by Gasteiger charge is -2.18. The van der Waals surface area contributed by atoms with Crippen LogP contribution in [-0.4, -0.2) is 20.1 Å². The Morgan fingerprint density at radius 3 is 2.00 bits per heavy atom. The lowest BCUT2D eigenvalue weighted by molar-refractivity contribution is 0.581. The highest BCUT2D eigenvalue weighted by atomic mass is 32.8. The van der Waals surface area contributed by atoms with Crippen LogP contribution < -0.4 is 0 Å². The number of thiocarbonyl (C=S) groups is 2. The van der Waals surface area contributed by atoms with Crippen molar-refractivity contribution in [2.75, 3.05) is 5.75 Å². The molecule has 0 spiro atoms. The Hall–Kier alpha value is 0.550. The average Bonchev–Trinajstić information content (AvgIpc) is 1.82. The first-order chi connectivity index (χ1) is 5.24. The number of hydrogen-bond donors (Lipinski definition) is 1. The van der Waals surface area contributed by atoms with Gasteiger partial charge < -0.3 is 5.11 Å². The van der Waals surface area contributed by atoms with Crippen LogP contribution in [0.2, 0.25) is 0 Å². The minimum Gasteiger partial charge on any atom is -0.498 e. The molecule has 0 bridgehead atoms. The van der Waals surface area contributed by atoms with E-state index < -0.39 is 14.9 Å². The van der Waals surface area contributed by atoms with Gasteiger partial charge in [0.2, 0.25) is 5.05 Å². The molecule has 0 heterocycles. The Morgan fingerprint density at radius 2 is 1.75 bits per heavy atom. The van der Waals surface area contributed by atoms with Gasteiger partial charge in [0.1, 0.15) is 4.20 Å². The van der Waals surface area contributed by atoms with E-state index >= 15 is 0 Å². The van der Waals surface area contributed by atoms with Crippen molar-refractivity contribution in [3.63, 3.8) is 0 Å². The van der Waals surface area contributed by atoms with E-state index in [1.165, 1.54) is 0 Å². The summed E-state index contributed by atoms with van der Waals surface area (Å²) in [5.41, 5.74) is -0.611. The molecule has 1 atom stereocenters. The quantitative estimate of drug-likeness (QED) is 0.738. The monoisotopic (exact) mass is 237 g/mol. The second kappa shape index (κ2) is 4.69. The normalized spacial score (nSPS) is 13.9. The first-order valence-corrected chi connectivity index (χ1v) is 6.09. The van der Waals surface area contributed by atoms with Gasteiger partial charge in [0.05, 0.1) is 0 Å². The molecular formula is C7H9OS4. The van der Waals surface area contributed by atoms with Gasteiger partial charge in [0.15, 0.2) is 0 Å². The lowest BCUT2D eigenvalue weighted by Crippen LogP contribution is -2.24. The predicted molar refractivity (Wildman–Crippen MR) is 65.9 cm³/mol. The summed E-state index contributed by atoms with van der Waals surface area (Å²) in [6, 6.07) is 0. The molecule has 3 radical (unpaired) electrons. The molecule has 67 valence electrons. The number of hydrogen-bond acceptors (Lipinski definition) is 3. The molecule has 0 aromatic heterocycles. The standard InChI is InChI=1S/C7H9OS4/c1-7(2,3)4-12(11)6(10)5(8)9/h1-4H2,(H,8,9). The zero-order chi connectivity index (χ0) is 9.94. The fraction of sp³-hybridized carbons (Fsp3) is 0.286. The summed E-state index contributed by atoms with van der Waals surface area (Å²) in [5.74, 6) is 0.460. The van der Waals surface area contributed by atoms with Crippen molar-refractivity contribution in [1.29, 1.82) is 0 Å². The van der Waals surface area contributed by atoms with E-state index in [1.54, 1.807) is 0 Å². The van der Waals surface area contributed by atoms with Crippen LogP contribution in [0.3, 0.4) is 0 Å². The van der Waals surface area contributed by atoms with E-state index in [9.17, 15) is 0 Å². The van der Waals surface area contributed by atoms with Gasteiger partial charge in [0, 0.05) is 5.75 Å². The fourth-order valence-corrected chi connectivity index (χ4v) is 2.95. The van der Waals surface area contributed by atoms with Crippen LogP contribution in [0.15, 0.2) is 0 Å². The maximum Gasteiger partial charge on any atom is 0.206 e. The summed E-state index contributed by atoms with van der Waals surface area (Å²) in [6.07, 6.45) is 0. The van der Waals surface area contributed by atoms with Gasteiger partial charge in [-0.3, -0.25) is 0 Å². The Bertz CT molecular complexity index is 226. The van der Waals surface area contributed by atoms with Crippen LogP contribution in [0.1, 0.15) is 0 Å². The van der Waals surface area contributed by atoms with Crippen molar-refractivity contribution >= 4 is 54.3 Å². The molecular weight excluding hydrogens is 228 g/mol. The zero-order valence-corrected chi connectivity index (χ0v) is 9.67. The second-order valence-electron chi connectivity index (χ2n) is 2.58. The lowest BCUT2D eigenvalue weighted by atomic mass is 10.0. The summed E-state index contributed by atoms with van der Waals surface area (Å²) in [7, 11) is -0.678. The van der Waals surface area contributed by atoms with E-state index in [0.29, 0.717) is 5.75 Å². The van der Waals surface area contributed by atoms with Crippen molar-refractivity contribution < 1.29 is 5.11 Å². The molecule has 0 saturated carbocycles. The molecule has 5 heteroatoms. The van der Waals surface area contributed by atoms with E-state index in [2.05, 4.69) is 33.0 Å². The largest absolute Gasteiger partial charge is 0.498 e. The molecule has 0 aliphatic heterocycles. The molecule has 1 N–H and O–H groups in total. The molecule has 1 nitrogen and oxygen atoms in total. The van der Waals surface area contributed by atoms with Crippen LogP contribution in [0, 0.1) is 26.2 Å². The molecule has 0 fully saturated rings. The SMILES string of the molecule is [CH2]C([CH2])([CH2])CS(=S)C(=S)C(O)=S. The summed E-state index contributed by atoms with van der Waals surface area (Å²) < 4.78 is 0.236. The molecule has 0 saturated heterocycles. The number of aliphatic hydroxyl groups excluding tert-OH is 1. The second-order valence-corrected chi connectivity index (χ2v) is 6.23. The van der Waals surface area contributed by atoms with Crippen molar-refractivity contribution in [3.8, 4) is 0 Å².